The van der Waals surface area contributed by atoms with Crippen molar-refractivity contribution in [1.29, 1.82) is 0 Å². The van der Waals surface area contributed by atoms with Crippen LogP contribution in [0.3, 0.4) is 0 Å². The number of anilines is 1. The van der Waals surface area contributed by atoms with E-state index in [0.29, 0.717) is 17.2 Å². The minimum atomic E-state index is 0.112. The molecule has 4 rings (SSSR count). The summed E-state index contributed by atoms with van der Waals surface area (Å²) in [7, 11) is 6.95. The van der Waals surface area contributed by atoms with Crippen LogP contribution >= 0.6 is 0 Å². The Morgan fingerprint density at radius 1 is 0.920 bits per heavy atom. The van der Waals surface area contributed by atoms with E-state index in [1.54, 1.807) is 27.4 Å². The summed E-state index contributed by atoms with van der Waals surface area (Å²) in [6.45, 7) is 0.943. The van der Waals surface area contributed by atoms with Gasteiger partial charge in [-0.05, 0) is 47.0 Å². The summed E-state index contributed by atoms with van der Waals surface area (Å²) in [5.41, 5.74) is 2.38. The maximum atomic E-state index is 10.3. The normalized spacial score (nSPS) is 13.4. The molecule has 3 aromatic carbocycles. The number of hydrogen-bond acceptors (Lipinski definition) is 5. The average Bonchev–Trinajstić information content (AvgIpc) is 2.63. The largest absolute Gasteiger partial charge is 0.504 e. The van der Waals surface area contributed by atoms with Crippen LogP contribution in [-0.2, 0) is 6.42 Å². The maximum absolute atomic E-state index is 10.3. The lowest BCUT2D eigenvalue weighted by atomic mass is 9.91. The predicted octanol–water partition coefficient (Wildman–Crippen LogP) is 3.72. The van der Waals surface area contributed by atoms with Crippen molar-refractivity contribution in [3.8, 4) is 23.0 Å². The van der Waals surface area contributed by atoms with Gasteiger partial charge in [-0.25, -0.2) is 0 Å². The van der Waals surface area contributed by atoms with Gasteiger partial charge in [0.1, 0.15) is 0 Å². The molecule has 1 heterocycles. The molecule has 0 atom stereocenters. The van der Waals surface area contributed by atoms with Crippen molar-refractivity contribution < 1.29 is 19.3 Å². The summed E-state index contributed by atoms with van der Waals surface area (Å²) in [6, 6.07) is 7.82. The van der Waals surface area contributed by atoms with Crippen molar-refractivity contribution in [2.45, 2.75) is 6.42 Å². The Balaban J connectivity index is 2.26. The molecule has 1 aliphatic heterocycles. The molecule has 5 heteroatoms. The third kappa shape index (κ3) is 2.15. The number of benzene rings is 3. The first kappa shape index (κ1) is 15.7. The standard InChI is InChI=1S/C20H21NO4/c1-21-6-5-11-8-17(24-3)20(25-4)19-13-10-15(22)16(23-2)9-12(13)7-14(21)18(11)19/h7-10,22H,5-6H2,1-4H3. The number of rotatable bonds is 3. The molecule has 0 aliphatic carbocycles. The van der Waals surface area contributed by atoms with E-state index in [1.807, 2.05) is 6.07 Å². The number of hydrogen-bond donors (Lipinski definition) is 1. The first-order chi connectivity index (χ1) is 12.1. The Morgan fingerprint density at radius 2 is 1.68 bits per heavy atom. The van der Waals surface area contributed by atoms with Gasteiger partial charge in [0.25, 0.3) is 0 Å². The monoisotopic (exact) mass is 339 g/mol. The molecular weight excluding hydrogens is 318 g/mol. The summed E-state index contributed by atoms with van der Waals surface area (Å²) >= 11 is 0. The van der Waals surface area contributed by atoms with Gasteiger partial charge >= 0.3 is 0 Å². The van der Waals surface area contributed by atoms with Crippen molar-refractivity contribution in [3.63, 3.8) is 0 Å². The van der Waals surface area contributed by atoms with Crippen LogP contribution in [0.5, 0.6) is 23.0 Å². The van der Waals surface area contributed by atoms with E-state index >= 15 is 0 Å². The molecule has 0 saturated heterocycles. The van der Waals surface area contributed by atoms with Gasteiger partial charge in [0, 0.05) is 30.1 Å². The highest BCUT2D eigenvalue weighted by molar-refractivity contribution is 6.18. The Kier molecular flexibility index (Phi) is 3.53. The lowest BCUT2D eigenvalue weighted by molar-refractivity contribution is 0.358. The Morgan fingerprint density at radius 3 is 2.36 bits per heavy atom. The van der Waals surface area contributed by atoms with Crippen molar-refractivity contribution in [3.05, 3.63) is 29.8 Å². The first-order valence-corrected chi connectivity index (χ1v) is 8.21. The zero-order chi connectivity index (χ0) is 17.7. The van der Waals surface area contributed by atoms with Crippen LogP contribution in [0.4, 0.5) is 5.69 Å². The van der Waals surface area contributed by atoms with Crippen LogP contribution in [0.15, 0.2) is 24.3 Å². The highest BCUT2D eigenvalue weighted by Crippen LogP contribution is 2.48. The van der Waals surface area contributed by atoms with E-state index in [-0.39, 0.29) is 5.75 Å². The molecule has 0 spiro atoms. The van der Waals surface area contributed by atoms with E-state index in [4.69, 9.17) is 14.2 Å². The second-order valence-corrected chi connectivity index (χ2v) is 6.33. The third-order valence-corrected chi connectivity index (χ3v) is 5.05. The second kappa shape index (κ2) is 5.62. The molecule has 1 N–H and O–H groups in total. The Bertz CT molecular complexity index is 997. The lowest BCUT2D eigenvalue weighted by Gasteiger charge is -2.30. The fraction of sp³-hybridized carbons (Fsp3) is 0.300. The Hall–Kier alpha value is -2.82. The quantitative estimate of drug-likeness (QED) is 0.737. The minimum absolute atomic E-state index is 0.112. The second-order valence-electron chi connectivity index (χ2n) is 6.33. The van der Waals surface area contributed by atoms with E-state index < -0.39 is 0 Å². The molecule has 3 aromatic rings. The van der Waals surface area contributed by atoms with Crippen LogP contribution in [0.25, 0.3) is 21.5 Å². The summed E-state index contributed by atoms with van der Waals surface area (Å²) < 4.78 is 16.6. The molecule has 0 unspecified atom stereocenters. The fourth-order valence-electron chi connectivity index (χ4n) is 3.81. The number of phenols is 1. The van der Waals surface area contributed by atoms with Crippen molar-refractivity contribution in [2.75, 3.05) is 39.8 Å². The SMILES string of the molecule is COc1cc2cc3c4c(cc(OC)c(OC)c4c2cc1O)CCN3C. The van der Waals surface area contributed by atoms with Gasteiger partial charge in [-0.15, -0.1) is 0 Å². The molecule has 0 amide bonds. The molecule has 0 fully saturated rings. The van der Waals surface area contributed by atoms with E-state index in [1.165, 1.54) is 5.56 Å². The molecule has 1 aliphatic rings. The summed E-state index contributed by atoms with van der Waals surface area (Å²) in [5.74, 6) is 1.97. The number of methoxy groups -OCH3 is 3. The molecule has 130 valence electrons. The van der Waals surface area contributed by atoms with Gasteiger partial charge in [-0.3, -0.25) is 0 Å². The number of aromatic hydroxyl groups is 1. The lowest BCUT2D eigenvalue weighted by Crippen LogP contribution is -2.24. The summed E-state index contributed by atoms with van der Waals surface area (Å²) in [4.78, 5) is 2.25. The van der Waals surface area contributed by atoms with Gasteiger partial charge in [-0.1, -0.05) is 0 Å². The number of nitrogens with zero attached hydrogens (tertiary/aromatic N) is 1. The smallest absolute Gasteiger partial charge is 0.169 e. The van der Waals surface area contributed by atoms with Crippen molar-refractivity contribution >= 4 is 27.2 Å². The molecule has 0 bridgehead atoms. The van der Waals surface area contributed by atoms with Crippen LogP contribution < -0.4 is 19.1 Å². The number of phenolic OH excluding ortho intramolecular Hbond substituents is 1. The van der Waals surface area contributed by atoms with Gasteiger partial charge in [0.2, 0.25) is 0 Å². The van der Waals surface area contributed by atoms with E-state index in [0.717, 1.165) is 40.2 Å². The summed E-state index contributed by atoms with van der Waals surface area (Å²) in [5, 5.41) is 14.3. The molecule has 25 heavy (non-hydrogen) atoms. The van der Waals surface area contributed by atoms with Crippen molar-refractivity contribution in [1.82, 2.24) is 0 Å². The zero-order valence-corrected chi connectivity index (χ0v) is 14.8. The van der Waals surface area contributed by atoms with Crippen LogP contribution in [-0.4, -0.2) is 40.0 Å². The maximum Gasteiger partial charge on any atom is 0.169 e. The summed E-state index contributed by atoms with van der Waals surface area (Å²) in [6.07, 6.45) is 0.938. The number of likely N-dealkylation sites (N-methyl/N-ethyl adjacent to an activating group) is 1. The van der Waals surface area contributed by atoms with Gasteiger partial charge in [-0.2, -0.15) is 0 Å². The number of ether oxygens (including phenoxy) is 3. The van der Waals surface area contributed by atoms with E-state index in [9.17, 15) is 5.11 Å². The molecule has 0 radical (unpaired) electrons. The molecular formula is C20H21NO4. The Labute approximate surface area is 146 Å². The number of fused-ring (bicyclic) bond motifs is 2. The van der Waals surface area contributed by atoms with Gasteiger partial charge < -0.3 is 24.2 Å². The fourth-order valence-corrected chi connectivity index (χ4v) is 3.81. The zero-order valence-electron chi connectivity index (χ0n) is 14.8. The predicted molar refractivity (Wildman–Crippen MR) is 99.7 cm³/mol. The van der Waals surface area contributed by atoms with Crippen LogP contribution in [0.1, 0.15) is 5.56 Å². The van der Waals surface area contributed by atoms with Crippen LogP contribution in [0.2, 0.25) is 0 Å². The van der Waals surface area contributed by atoms with Gasteiger partial charge in [0.05, 0.1) is 21.3 Å². The van der Waals surface area contributed by atoms with E-state index in [2.05, 4.69) is 24.1 Å². The molecule has 5 nitrogen and oxygen atoms in total. The molecule has 0 aromatic heterocycles. The minimum Gasteiger partial charge on any atom is -0.504 e. The van der Waals surface area contributed by atoms with Gasteiger partial charge in [0.15, 0.2) is 23.0 Å². The average molecular weight is 339 g/mol. The topological polar surface area (TPSA) is 51.2 Å². The van der Waals surface area contributed by atoms with Crippen molar-refractivity contribution in [2.24, 2.45) is 0 Å². The highest BCUT2D eigenvalue weighted by Gasteiger charge is 2.24. The third-order valence-electron chi connectivity index (χ3n) is 5.05. The molecule has 0 saturated carbocycles. The van der Waals surface area contributed by atoms with Crippen LogP contribution in [0, 0.1) is 0 Å². The first-order valence-electron chi connectivity index (χ1n) is 8.21. The highest BCUT2D eigenvalue weighted by atomic mass is 16.5.